The van der Waals surface area contributed by atoms with E-state index in [2.05, 4.69) is 41.2 Å². The van der Waals surface area contributed by atoms with Crippen molar-refractivity contribution in [1.29, 1.82) is 0 Å². The second-order valence-electron chi connectivity index (χ2n) is 5.48. The monoisotopic (exact) mass is 273 g/mol. The molecule has 4 heteroatoms. The lowest BCUT2D eigenvalue weighted by atomic mass is 10.2. The average Bonchev–Trinajstić information content (AvgIpc) is 2.92. The van der Waals surface area contributed by atoms with Crippen molar-refractivity contribution in [2.24, 2.45) is 5.92 Å². The molecular formula is C16H23N3O. The molecule has 0 aliphatic heterocycles. The van der Waals surface area contributed by atoms with Gasteiger partial charge in [0.15, 0.2) is 0 Å². The highest BCUT2D eigenvalue weighted by atomic mass is 16.3. The molecule has 0 fully saturated rings. The maximum absolute atomic E-state index is 5.35. The highest BCUT2D eigenvalue weighted by Gasteiger charge is 2.05. The Labute approximate surface area is 120 Å². The predicted molar refractivity (Wildman–Crippen MR) is 81.6 cm³/mol. The molecule has 0 aliphatic carbocycles. The van der Waals surface area contributed by atoms with Gasteiger partial charge in [-0.2, -0.15) is 0 Å². The van der Waals surface area contributed by atoms with Crippen molar-refractivity contribution >= 4 is 5.82 Å². The average molecular weight is 273 g/mol. The highest BCUT2D eigenvalue weighted by Crippen LogP contribution is 2.13. The Bertz CT molecular complexity index is 491. The number of hydrogen-bond acceptors (Lipinski definition) is 4. The second kappa shape index (κ2) is 7.10. The van der Waals surface area contributed by atoms with Crippen molar-refractivity contribution in [3.8, 4) is 0 Å². The molecular weight excluding hydrogens is 250 g/mol. The standard InChI is InChI=1S/C16H23N3O/c1-13(2)9-17-10-14-6-7-16(18-11-14)19(3)12-15-5-4-8-20-15/h4-8,11,13,17H,9-10,12H2,1-3H3. The number of nitrogens with zero attached hydrogens (tertiary/aromatic N) is 2. The smallest absolute Gasteiger partial charge is 0.128 e. The lowest BCUT2D eigenvalue weighted by molar-refractivity contribution is 0.507. The first-order valence-electron chi connectivity index (χ1n) is 7.04. The van der Waals surface area contributed by atoms with E-state index in [4.69, 9.17) is 4.42 Å². The minimum atomic E-state index is 0.668. The first-order valence-corrected chi connectivity index (χ1v) is 7.04. The molecule has 0 aliphatic rings. The van der Waals surface area contributed by atoms with Crippen LogP contribution in [0.2, 0.25) is 0 Å². The van der Waals surface area contributed by atoms with Crippen molar-refractivity contribution in [3.63, 3.8) is 0 Å². The van der Waals surface area contributed by atoms with Crippen LogP contribution in [0.25, 0.3) is 0 Å². The van der Waals surface area contributed by atoms with Crippen molar-refractivity contribution < 1.29 is 4.42 Å². The zero-order chi connectivity index (χ0) is 14.4. The van der Waals surface area contributed by atoms with E-state index in [1.165, 1.54) is 5.56 Å². The molecule has 4 nitrogen and oxygen atoms in total. The molecule has 0 bridgehead atoms. The van der Waals surface area contributed by atoms with E-state index < -0.39 is 0 Å². The van der Waals surface area contributed by atoms with Crippen LogP contribution in [0.5, 0.6) is 0 Å². The van der Waals surface area contributed by atoms with Crippen LogP contribution in [0.3, 0.4) is 0 Å². The van der Waals surface area contributed by atoms with Gasteiger partial charge in [-0.3, -0.25) is 0 Å². The van der Waals surface area contributed by atoms with Gasteiger partial charge in [-0.15, -0.1) is 0 Å². The van der Waals surface area contributed by atoms with E-state index in [9.17, 15) is 0 Å². The molecule has 0 unspecified atom stereocenters. The van der Waals surface area contributed by atoms with Crippen molar-refractivity contribution in [3.05, 3.63) is 48.0 Å². The largest absolute Gasteiger partial charge is 0.467 e. The Balaban J connectivity index is 1.87. The van der Waals surface area contributed by atoms with E-state index in [0.717, 1.165) is 31.2 Å². The molecule has 0 radical (unpaired) electrons. The van der Waals surface area contributed by atoms with Crippen molar-refractivity contribution in [2.75, 3.05) is 18.5 Å². The molecule has 0 aromatic carbocycles. The number of rotatable bonds is 7. The maximum atomic E-state index is 5.35. The fourth-order valence-electron chi connectivity index (χ4n) is 1.97. The molecule has 2 rings (SSSR count). The summed E-state index contributed by atoms with van der Waals surface area (Å²) in [4.78, 5) is 6.57. The van der Waals surface area contributed by atoms with Gasteiger partial charge in [0.25, 0.3) is 0 Å². The first-order chi connectivity index (χ1) is 9.65. The third-order valence-electron chi connectivity index (χ3n) is 3.06. The normalized spacial score (nSPS) is 11.0. The molecule has 0 saturated heterocycles. The molecule has 0 spiro atoms. The molecule has 20 heavy (non-hydrogen) atoms. The van der Waals surface area contributed by atoms with Crippen LogP contribution in [-0.2, 0) is 13.1 Å². The zero-order valence-electron chi connectivity index (χ0n) is 12.5. The van der Waals surface area contributed by atoms with Gasteiger partial charge in [-0.25, -0.2) is 4.98 Å². The molecule has 1 N–H and O–H groups in total. The summed E-state index contributed by atoms with van der Waals surface area (Å²) >= 11 is 0. The quantitative estimate of drug-likeness (QED) is 0.842. The maximum Gasteiger partial charge on any atom is 0.128 e. The van der Waals surface area contributed by atoms with Gasteiger partial charge < -0.3 is 14.6 Å². The van der Waals surface area contributed by atoms with Crippen molar-refractivity contribution in [2.45, 2.75) is 26.9 Å². The van der Waals surface area contributed by atoms with Gasteiger partial charge in [0.1, 0.15) is 11.6 Å². The van der Waals surface area contributed by atoms with Gasteiger partial charge in [-0.05, 0) is 36.2 Å². The van der Waals surface area contributed by atoms with Gasteiger partial charge in [-0.1, -0.05) is 19.9 Å². The molecule has 2 aromatic heterocycles. The van der Waals surface area contributed by atoms with E-state index in [1.807, 2.05) is 25.4 Å². The lowest BCUT2D eigenvalue weighted by Gasteiger charge is -2.17. The Hall–Kier alpha value is -1.81. The number of pyridine rings is 1. The third-order valence-corrected chi connectivity index (χ3v) is 3.06. The van der Waals surface area contributed by atoms with E-state index >= 15 is 0 Å². The van der Waals surface area contributed by atoms with E-state index in [-0.39, 0.29) is 0 Å². The minimum absolute atomic E-state index is 0.668. The predicted octanol–water partition coefficient (Wildman–Crippen LogP) is 3.06. The van der Waals surface area contributed by atoms with E-state index in [0.29, 0.717) is 5.92 Å². The summed E-state index contributed by atoms with van der Waals surface area (Å²) in [6, 6.07) is 8.05. The van der Waals surface area contributed by atoms with Gasteiger partial charge in [0, 0.05) is 19.8 Å². The topological polar surface area (TPSA) is 41.3 Å². The van der Waals surface area contributed by atoms with Crippen molar-refractivity contribution in [1.82, 2.24) is 10.3 Å². The van der Waals surface area contributed by atoms with E-state index in [1.54, 1.807) is 6.26 Å². The number of furan rings is 1. The van der Waals surface area contributed by atoms with Crippen LogP contribution < -0.4 is 10.2 Å². The van der Waals surface area contributed by atoms with Gasteiger partial charge in [0.05, 0.1) is 12.8 Å². The first kappa shape index (κ1) is 14.6. The Kier molecular flexibility index (Phi) is 5.18. The molecule has 2 aromatic rings. The minimum Gasteiger partial charge on any atom is -0.467 e. The summed E-state index contributed by atoms with van der Waals surface area (Å²) < 4.78 is 5.35. The summed E-state index contributed by atoms with van der Waals surface area (Å²) in [6.45, 7) is 7.04. The highest BCUT2D eigenvalue weighted by molar-refractivity contribution is 5.38. The summed E-state index contributed by atoms with van der Waals surface area (Å²) in [7, 11) is 2.02. The second-order valence-corrected chi connectivity index (χ2v) is 5.48. The SMILES string of the molecule is CC(C)CNCc1ccc(N(C)Cc2ccco2)nc1. The molecule has 108 valence electrons. The fourth-order valence-corrected chi connectivity index (χ4v) is 1.97. The van der Waals surface area contributed by atoms with Crippen LogP contribution >= 0.6 is 0 Å². The Morgan fingerprint density at radius 3 is 2.75 bits per heavy atom. The molecule has 0 saturated carbocycles. The number of hydrogen-bond donors (Lipinski definition) is 1. The van der Waals surface area contributed by atoms with Gasteiger partial charge in [0.2, 0.25) is 0 Å². The molecule has 0 atom stereocenters. The third kappa shape index (κ3) is 4.38. The number of nitrogens with one attached hydrogen (secondary N) is 1. The summed E-state index contributed by atoms with van der Waals surface area (Å²) in [5, 5.41) is 3.42. The molecule has 2 heterocycles. The summed E-state index contributed by atoms with van der Waals surface area (Å²) in [6.07, 6.45) is 3.63. The lowest BCUT2D eigenvalue weighted by Crippen LogP contribution is -2.20. The van der Waals surface area contributed by atoms with Crippen LogP contribution in [0.15, 0.2) is 41.1 Å². The number of aromatic nitrogens is 1. The zero-order valence-corrected chi connectivity index (χ0v) is 12.5. The Morgan fingerprint density at radius 2 is 2.15 bits per heavy atom. The molecule has 0 amide bonds. The Morgan fingerprint density at radius 1 is 1.30 bits per heavy atom. The fraction of sp³-hybridized carbons (Fsp3) is 0.438. The van der Waals surface area contributed by atoms with Crippen LogP contribution in [-0.4, -0.2) is 18.6 Å². The van der Waals surface area contributed by atoms with Crippen LogP contribution in [0, 0.1) is 5.92 Å². The van der Waals surface area contributed by atoms with Gasteiger partial charge >= 0.3 is 0 Å². The number of anilines is 1. The summed E-state index contributed by atoms with van der Waals surface area (Å²) in [5.41, 5.74) is 1.21. The van der Waals surface area contributed by atoms with Crippen LogP contribution in [0.4, 0.5) is 5.82 Å². The summed E-state index contributed by atoms with van der Waals surface area (Å²) in [5.74, 6) is 2.56. The van der Waals surface area contributed by atoms with Crippen LogP contribution in [0.1, 0.15) is 25.2 Å².